The molecular formula is C28H27ClN2O4. The molecule has 1 aromatic heterocycles. The van der Waals surface area contributed by atoms with Crippen LogP contribution in [0.15, 0.2) is 71.5 Å². The van der Waals surface area contributed by atoms with E-state index in [1.54, 1.807) is 41.0 Å². The number of halogens is 1. The monoisotopic (exact) mass is 490 g/mol. The Kier molecular flexibility index (Phi) is 7.51. The van der Waals surface area contributed by atoms with Gasteiger partial charge in [-0.3, -0.25) is 9.36 Å². The molecule has 3 aromatic carbocycles. The predicted octanol–water partition coefficient (Wildman–Crippen LogP) is 5.95. The van der Waals surface area contributed by atoms with Gasteiger partial charge in [-0.15, -0.1) is 0 Å². The lowest BCUT2D eigenvalue weighted by atomic mass is 10.1. The van der Waals surface area contributed by atoms with E-state index in [0.717, 1.165) is 36.2 Å². The smallest absolute Gasteiger partial charge is 0.349 e. The van der Waals surface area contributed by atoms with Crippen molar-refractivity contribution >= 4 is 28.5 Å². The molecule has 0 aliphatic carbocycles. The second kappa shape index (κ2) is 10.7. The fourth-order valence-corrected chi connectivity index (χ4v) is 4.23. The molecule has 1 unspecified atom stereocenters. The first-order valence-corrected chi connectivity index (χ1v) is 12.0. The highest BCUT2D eigenvalue weighted by Gasteiger charge is 2.24. The van der Waals surface area contributed by atoms with Crippen molar-refractivity contribution in [2.75, 3.05) is 0 Å². The molecule has 180 valence electrons. The molecule has 0 bridgehead atoms. The number of ether oxygens (including phenoxy) is 1. The Morgan fingerprint density at radius 2 is 1.86 bits per heavy atom. The van der Waals surface area contributed by atoms with Crippen LogP contribution in [0.5, 0.6) is 5.75 Å². The number of nitrogens with zero attached hydrogens (tertiary/aromatic N) is 2. The molecule has 1 heterocycles. The highest BCUT2D eigenvalue weighted by atomic mass is 35.5. The molecule has 1 N–H and O–H groups in total. The number of hydrogen-bond acceptors (Lipinski definition) is 4. The first-order valence-electron chi connectivity index (χ1n) is 11.6. The number of rotatable bonds is 9. The molecule has 0 aliphatic heterocycles. The maximum Gasteiger partial charge on any atom is 0.349 e. The van der Waals surface area contributed by atoms with Gasteiger partial charge in [-0.1, -0.05) is 66.9 Å². The summed E-state index contributed by atoms with van der Waals surface area (Å²) in [6, 6.07) is 19.5. The van der Waals surface area contributed by atoms with Gasteiger partial charge in [-0.25, -0.2) is 9.78 Å². The number of unbranched alkanes of at least 4 members (excludes halogenated alkanes) is 1. The normalized spacial score (nSPS) is 12.0. The summed E-state index contributed by atoms with van der Waals surface area (Å²) in [4.78, 5) is 30.0. The van der Waals surface area contributed by atoms with E-state index < -0.39 is 12.1 Å². The van der Waals surface area contributed by atoms with E-state index >= 15 is 0 Å². The Hall–Kier alpha value is -3.64. The van der Waals surface area contributed by atoms with Crippen molar-refractivity contribution < 1.29 is 14.6 Å². The molecule has 6 nitrogen and oxygen atoms in total. The maximum atomic E-state index is 13.4. The molecular weight excluding hydrogens is 464 g/mol. The Morgan fingerprint density at radius 3 is 2.54 bits per heavy atom. The third-order valence-corrected chi connectivity index (χ3v) is 6.22. The predicted molar refractivity (Wildman–Crippen MR) is 137 cm³/mol. The van der Waals surface area contributed by atoms with Gasteiger partial charge in [0.05, 0.1) is 17.4 Å². The lowest BCUT2D eigenvalue weighted by Crippen LogP contribution is -2.26. The minimum atomic E-state index is -1.23. The van der Waals surface area contributed by atoms with Crippen LogP contribution in [0.25, 0.3) is 10.9 Å². The summed E-state index contributed by atoms with van der Waals surface area (Å²) in [5, 5.41) is 10.6. The molecule has 7 heteroatoms. The van der Waals surface area contributed by atoms with Gasteiger partial charge in [-0.2, -0.15) is 0 Å². The molecule has 1 atom stereocenters. The zero-order chi connectivity index (χ0) is 24.9. The van der Waals surface area contributed by atoms with Crippen LogP contribution in [-0.2, 0) is 17.8 Å². The highest BCUT2D eigenvalue weighted by molar-refractivity contribution is 6.31. The number of aryl methyl sites for hydroxylation is 2. The standard InChI is InChI=1S/C28H27ClN2O4/c1-3-4-9-25-30-24-15-10-18(2)16-22(24)27(32)31(25)17-19-11-13-20(14-12-19)35-26(28(33)34)21-7-5-6-8-23(21)29/h5-8,10-16,26H,3-4,9,17H2,1-2H3,(H,33,34). The third kappa shape index (κ3) is 5.54. The van der Waals surface area contributed by atoms with E-state index in [1.165, 1.54) is 0 Å². The van der Waals surface area contributed by atoms with E-state index in [1.807, 2.05) is 37.3 Å². The second-order valence-corrected chi connectivity index (χ2v) is 8.95. The van der Waals surface area contributed by atoms with Crippen molar-refractivity contribution in [1.82, 2.24) is 9.55 Å². The van der Waals surface area contributed by atoms with E-state index in [0.29, 0.717) is 33.8 Å². The van der Waals surface area contributed by atoms with Crippen molar-refractivity contribution in [3.8, 4) is 5.75 Å². The fraction of sp³-hybridized carbons (Fsp3) is 0.250. The first kappa shape index (κ1) is 24.5. The van der Waals surface area contributed by atoms with Crippen LogP contribution in [0.2, 0.25) is 5.02 Å². The second-order valence-electron chi connectivity index (χ2n) is 8.55. The number of carbonyl (C=O) groups is 1. The van der Waals surface area contributed by atoms with Crippen LogP contribution in [0.1, 0.15) is 48.4 Å². The number of hydrogen-bond donors (Lipinski definition) is 1. The summed E-state index contributed by atoms with van der Waals surface area (Å²) in [5.41, 5.74) is 2.93. The Morgan fingerprint density at radius 1 is 1.11 bits per heavy atom. The lowest BCUT2D eigenvalue weighted by molar-refractivity contribution is -0.145. The number of benzene rings is 3. The minimum Gasteiger partial charge on any atom is -0.478 e. The minimum absolute atomic E-state index is 0.0604. The number of aliphatic carboxylic acids is 1. The van der Waals surface area contributed by atoms with Crippen LogP contribution in [0.4, 0.5) is 0 Å². The Bertz CT molecular complexity index is 1410. The van der Waals surface area contributed by atoms with E-state index in [-0.39, 0.29) is 5.56 Å². The fourth-order valence-electron chi connectivity index (χ4n) is 4.00. The van der Waals surface area contributed by atoms with Crippen LogP contribution in [-0.4, -0.2) is 20.6 Å². The molecule has 4 aromatic rings. The summed E-state index contributed by atoms with van der Waals surface area (Å²) in [5.74, 6) is 0.0249. The molecule has 0 radical (unpaired) electrons. The van der Waals surface area contributed by atoms with Crippen LogP contribution >= 0.6 is 11.6 Å². The first-order chi connectivity index (χ1) is 16.9. The number of aromatic nitrogens is 2. The van der Waals surface area contributed by atoms with Crippen LogP contribution < -0.4 is 10.3 Å². The van der Waals surface area contributed by atoms with E-state index in [2.05, 4.69) is 6.92 Å². The largest absolute Gasteiger partial charge is 0.478 e. The summed E-state index contributed by atoms with van der Waals surface area (Å²) >= 11 is 6.18. The average Bonchev–Trinajstić information content (AvgIpc) is 2.85. The lowest BCUT2D eigenvalue weighted by Gasteiger charge is -2.17. The van der Waals surface area contributed by atoms with Crippen molar-refractivity contribution in [1.29, 1.82) is 0 Å². The number of fused-ring (bicyclic) bond motifs is 1. The molecule has 0 amide bonds. The molecule has 0 saturated carbocycles. The van der Waals surface area contributed by atoms with Gasteiger partial charge in [0.15, 0.2) is 0 Å². The number of carboxylic acids is 1. The van der Waals surface area contributed by atoms with Gasteiger partial charge in [0.1, 0.15) is 11.6 Å². The maximum absolute atomic E-state index is 13.4. The molecule has 0 spiro atoms. The van der Waals surface area contributed by atoms with Gasteiger partial charge in [0.2, 0.25) is 6.10 Å². The summed E-state index contributed by atoms with van der Waals surface area (Å²) in [6.07, 6.45) is 1.43. The zero-order valence-electron chi connectivity index (χ0n) is 19.7. The molecule has 4 rings (SSSR count). The van der Waals surface area contributed by atoms with Crippen LogP contribution in [0.3, 0.4) is 0 Å². The average molecular weight is 491 g/mol. The van der Waals surface area contributed by atoms with Crippen molar-refractivity contribution in [3.63, 3.8) is 0 Å². The third-order valence-electron chi connectivity index (χ3n) is 5.87. The summed E-state index contributed by atoms with van der Waals surface area (Å²) in [7, 11) is 0. The highest BCUT2D eigenvalue weighted by Crippen LogP contribution is 2.28. The zero-order valence-corrected chi connectivity index (χ0v) is 20.5. The van der Waals surface area contributed by atoms with Gasteiger partial charge >= 0.3 is 5.97 Å². The molecule has 35 heavy (non-hydrogen) atoms. The van der Waals surface area contributed by atoms with E-state index in [4.69, 9.17) is 21.3 Å². The number of carboxylic acid groups (broad SMARTS) is 1. The molecule has 0 fully saturated rings. The Balaban J connectivity index is 1.62. The molecule has 0 aliphatic rings. The summed E-state index contributed by atoms with van der Waals surface area (Å²) in [6.45, 7) is 4.43. The van der Waals surface area contributed by atoms with Gasteiger partial charge in [0, 0.05) is 17.0 Å². The topological polar surface area (TPSA) is 81.4 Å². The van der Waals surface area contributed by atoms with Gasteiger partial charge in [-0.05, 0) is 49.2 Å². The quantitative estimate of drug-likeness (QED) is 0.313. The van der Waals surface area contributed by atoms with Crippen LogP contribution in [0, 0.1) is 6.92 Å². The van der Waals surface area contributed by atoms with Crippen molar-refractivity contribution in [2.24, 2.45) is 0 Å². The van der Waals surface area contributed by atoms with Gasteiger partial charge in [0.25, 0.3) is 5.56 Å². The van der Waals surface area contributed by atoms with Crippen molar-refractivity contribution in [2.45, 2.75) is 45.8 Å². The molecule has 0 saturated heterocycles. The van der Waals surface area contributed by atoms with Crippen molar-refractivity contribution in [3.05, 3.63) is 105 Å². The van der Waals surface area contributed by atoms with Gasteiger partial charge < -0.3 is 9.84 Å². The van der Waals surface area contributed by atoms with E-state index in [9.17, 15) is 14.7 Å². The summed E-state index contributed by atoms with van der Waals surface area (Å²) < 4.78 is 7.49. The Labute approximate surface area is 208 Å². The SMILES string of the molecule is CCCCc1nc2ccc(C)cc2c(=O)n1Cc1ccc(OC(C(=O)O)c2ccccc2Cl)cc1.